The van der Waals surface area contributed by atoms with Crippen molar-refractivity contribution >= 4 is 11.9 Å². The van der Waals surface area contributed by atoms with Gasteiger partial charge < -0.3 is 24.6 Å². The first-order chi connectivity index (χ1) is 15.1. The molecule has 2 aliphatic heterocycles. The Morgan fingerprint density at radius 1 is 1.16 bits per heavy atom. The number of aliphatic imine (C=N–C) groups is 1. The fraction of sp³-hybridized carbons (Fsp3) is 0.682. The largest absolute Gasteiger partial charge is 0.475 e. The highest BCUT2D eigenvalue weighted by Crippen LogP contribution is 2.16. The third-order valence-electron chi connectivity index (χ3n) is 5.96. The lowest BCUT2D eigenvalue weighted by atomic mass is 10.2. The molecule has 2 saturated heterocycles. The summed E-state index contributed by atoms with van der Waals surface area (Å²) in [6.07, 6.45) is 3.99. The molecule has 0 aliphatic carbocycles. The van der Waals surface area contributed by atoms with Gasteiger partial charge in [-0.25, -0.2) is 4.98 Å². The average Bonchev–Trinajstić information content (AvgIpc) is 3.35. The topological polar surface area (TPSA) is 82.5 Å². The molecule has 1 aromatic heterocycles. The molecular formula is C22H36N6O3. The van der Waals surface area contributed by atoms with Crippen molar-refractivity contribution in [2.45, 2.75) is 32.4 Å². The third-order valence-corrected chi connectivity index (χ3v) is 5.96. The van der Waals surface area contributed by atoms with E-state index in [0.717, 1.165) is 63.6 Å². The van der Waals surface area contributed by atoms with Crippen molar-refractivity contribution in [3.05, 3.63) is 23.9 Å². The van der Waals surface area contributed by atoms with Crippen LogP contribution in [0, 0.1) is 0 Å². The van der Waals surface area contributed by atoms with Gasteiger partial charge in [0, 0.05) is 71.7 Å². The van der Waals surface area contributed by atoms with Crippen LogP contribution in [0.15, 0.2) is 23.3 Å². The zero-order valence-corrected chi connectivity index (χ0v) is 19.0. The van der Waals surface area contributed by atoms with Gasteiger partial charge in [-0.1, -0.05) is 6.07 Å². The Bertz CT molecular complexity index is 730. The molecule has 0 aromatic carbocycles. The molecule has 1 atom stereocenters. The summed E-state index contributed by atoms with van der Waals surface area (Å²) in [5.74, 6) is 1.73. The first-order valence-electron chi connectivity index (χ1n) is 11.2. The van der Waals surface area contributed by atoms with Crippen LogP contribution in [-0.2, 0) is 16.1 Å². The standard InChI is InChI=1S/C22H36N6O3/c1-18(21(29)27-9-4-5-10-27)26-11-13-28(14-12-26)22(23-2)25-17-19-7-6-8-24-20(19)31-16-15-30-3/h6-8,18H,4-5,9-17H2,1-3H3,(H,23,25). The molecule has 1 N–H and O–H groups in total. The quantitative estimate of drug-likeness (QED) is 0.370. The Kier molecular flexibility index (Phi) is 8.90. The number of likely N-dealkylation sites (tertiary alicyclic amines) is 1. The molecule has 0 bridgehead atoms. The van der Waals surface area contributed by atoms with Crippen LogP contribution in [-0.4, -0.2) is 104 Å². The highest BCUT2D eigenvalue weighted by atomic mass is 16.5. The van der Waals surface area contributed by atoms with Gasteiger partial charge in [0.05, 0.1) is 12.6 Å². The number of nitrogens with one attached hydrogen (secondary N) is 1. The number of guanidine groups is 1. The lowest BCUT2D eigenvalue weighted by molar-refractivity contribution is -0.135. The smallest absolute Gasteiger partial charge is 0.239 e. The first kappa shape index (κ1) is 23.3. The molecular weight excluding hydrogens is 396 g/mol. The van der Waals surface area contributed by atoms with Crippen LogP contribution in [0.25, 0.3) is 0 Å². The van der Waals surface area contributed by atoms with E-state index < -0.39 is 0 Å². The number of amides is 1. The molecule has 0 spiro atoms. The molecule has 31 heavy (non-hydrogen) atoms. The summed E-state index contributed by atoms with van der Waals surface area (Å²) in [6, 6.07) is 3.84. The highest BCUT2D eigenvalue weighted by molar-refractivity contribution is 5.82. The summed E-state index contributed by atoms with van der Waals surface area (Å²) < 4.78 is 10.8. The fourth-order valence-electron chi connectivity index (χ4n) is 4.10. The van der Waals surface area contributed by atoms with E-state index in [1.54, 1.807) is 20.4 Å². The van der Waals surface area contributed by atoms with Gasteiger partial charge in [0.2, 0.25) is 11.8 Å². The van der Waals surface area contributed by atoms with Crippen LogP contribution in [0.4, 0.5) is 0 Å². The van der Waals surface area contributed by atoms with Gasteiger partial charge in [-0.2, -0.15) is 0 Å². The lowest BCUT2D eigenvalue weighted by Crippen LogP contribution is -2.57. The summed E-state index contributed by atoms with van der Waals surface area (Å²) in [7, 11) is 3.45. The molecule has 2 fully saturated rings. The van der Waals surface area contributed by atoms with Gasteiger partial charge in [-0.3, -0.25) is 14.7 Å². The maximum absolute atomic E-state index is 12.7. The molecule has 9 nitrogen and oxygen atoms in total. The second-order valence-corrected chi connectivity index (χ2v) is 7.94. The van der Waals surface area contributed by atoms with Crippen molar-refractivity contribution in [2.24, 2.45) is 4.99 Å². The second kappa shape index (κ2) is 11.9. The summed E-state index contributed by atoms with van der Waals surface area (Å²) >= 11 is 0. The summed E-state index contributed by atoms with van der Waals surface area (Å²) in [5.41, 5.74) is 0.975. The van der Waals surface area contributed by atoms with Crippen molar-refractivity contribution in [1.29, 1.82) is 0 Å². The van der Waals surface area contributed by atoms with E-state index in [1.165, 1.54) is 0 Å². The molecule has 3 rings (SSSR count). The van der Waals surface area contributed by atoms with Crippen molar-refractivity contribution < 1.29 is 14.3 Å². The van der Waals surface area contributed by atoms with Crippen molar-refractivity contribution in [3.8, 4) is 5.88 Å². The number of methoxy groups -OCH3 is 1. The lowest BCUT2D eigenvalue weighted by Gasteiger charge is -2.39. The number of piperazine rings is 1. The van der Waals surface area contributed by atoms with E-state index in [0.29, 0.717) is 25.6 Å². The van der Waals surface area contributed by atoms with Gasteiger partial charge >= 0.3 is 0 Å². The summed E-state index contributed by atoms with van der Waals surface area (Å²) in [6.45, 7) is 8.78. The van der Waals surface area contributed by atoms with Crippen molar-refractivity contribution in [1.82, 2.24) is 25.0 Å². The van der Waals surface area contributed by atoms with Crippen LogP contribution < -0.4 is 10.1 Å². The van der Waals surface area contributed by atoms with Gasteiger partial charge in [0.15, 0.2) is 5.96 Å². The van der Waals surface area contributed by atoms with E-state index in [1.807, 2.05) is 24.0 Å². The summed E-state index contributed by atoms with van der Waals surface area (Å²) in [4.78, 5) is 28.0. The molecule has 1 aromatic rings. The molecule has 0 saturated carbocycles. The van der Waals surface area contributed by atoms with Gasteiger partial charge in [-0.05, 0) is 25.8 Å². The Hall–Kier alpha value is -2.39. The van der Waals surface area contributed by atoms with Crippen LogP contribution >= 0.6 is 0 Å². The maximum Gasteiger partial charge on any atom is 0.239 e. The number of hydrogen-bond donors (Lipinski definition) is 1. The number of nitrogens with zero attached hydrogens (tertiary/aromatic N) is 5. The fourth-order valence-corrected chi connectivity index (χ4v) is 4.10. The minimum absolute atomic E-state index is 0.0579. The van der Waals surface area contributed by atoms with Gasteiger partial charge in [0.25, 0.3) is 0 Å². The first-order valence-corrected chi connectivity index (χ1v) is 11.2. The molecule has 9 heteroatoms. The average molecular weight is 433 g/mol. The van der Waals surface area contributed by atoms with Crippen LogP contribution in [0.1, 0.15) is 25.3 Å². The number of pyridine rings is 1. The molecule has 0 radical (unpaired) electrons. The normalized spacial score (nSPS) is 18.9. The van der Waals surface area contributed by atoms with E-state index >= 15 is 0 Å². The monoisotopic (exact) mass is 432 g/mol. The molecule has 1 amide bonds. The maximum atomic E-state index is 12.7. The molecule has 1 unspecified atom stereocenters. The third kappa shape index (κ3) is 6.30. The zero-order valence-electron chi connectivity index (χ0n) is 19.0. The van der Waals surface area contributed by atoms with Gasteiger partial charge in [-0.15, -0.1) is 0 Å². The zero-order chi connectivity index (χ0) is 22.1. The number of carbonyl (C=O) groups excluding carboxylic acids is 1. The Labute approximate surface area is 185 Å². The number of hydrogen-bond acceptors (Lipinski definition) is 6. The minimum Gasteiger partial charge on any atom is -0.475 e. The highest BCUT2D eigenvalue weighted by Gasteiger charge is 2.30. The van der Waals surface area contributed by atoms with E-state index in [-0.39, 0.29) is 11.9 Å². The minimum atomic E-state index is -0.0579. The number of ether oxygens (including phenoxy) is 2. The predicted octanol–water partition coefficient (Wildman–Crippen LogP) is 0.811. The van der Waals surface area contributed by atoms with Crippen molar-refractivity contribution in [2.75, 3.05) is 66.6 Å². The molecule has 172 valence electrons. The predicted molar refractivity (Wildman–Crippen MR) is 120 cm³/mol. The van der Waals surface area contributed by atoms with E-state index in [4.69, 9.17) is 9.47 Å². The number of rotatable bonds is 8. The van der Waals surface area contributed by atoms with Gasteiger partial charge in [0.1, 0.15) is 6.61 Å². The summed E-state index contributed by atoms with van der Waals surface area (Å²) in [5, 5.41) is 3.43. The van der Waals surface area contributed by atoms with E-state index in [9.17, 15) is 4.79 Å². The second-order valence-electron chi connectivity index (χ2n) is 7.94. The Balaban J connectivity index is 1.49. The van der Waals surface area contributed by atoms with E-state index in [2.05, 4.69) is 25.1 Å². The van der Waals surface area contributed by atoms with Crippen LogP contribution in [0.5, 0.6) is 5.88 Å². The SMILES string of the molecule is CN=C(NCc1cccnc1OCCOC)N1CCN(C(C)C(=O)N2CCCC2)CC1. The molecule has 3 heterocycles. The van der Waals surface area contributed by atoms with Crippen LogP contribution in [0.3, 0.4) is 0 Å². The number of aromatic nitrogens is 1. The molecule has 2 aliphatic rings. The Morgan fingerprint density at radius 2 is 1.90 bits per heavy atom. The van der Waals surface area contributed by atoms with Crippen molar-refractivity contribution in [3.63, 3.8) is 0 Å². The number of carbonyl (C=O) groups is 1. The van der Waals surface area contributed by atoms with Crippen LogP contribution in [0.2, 0.25) is 0 Å². The Morgan fingerprint density at radius 3 is 2.58 bits per heavy atom.